The Balaban J connectivity index is 1.80. The van der Waals surface area contributed by atoms with Gasteiger partial charge in [-0.2, -0.15) is 0 Å². The molecule has 0 bridgehead atoms. The van der Waals surface area contributed by atoms with E-state index < -0.39 is 10.0 Å². The lowest BCUT2D eigenvalue weighted by Gasteiger charge is -2.13. The van der Waals surface area contributed by atoms with Gasteiger partial charge in [-0.25, -0.2) is 13.1 Å². The molecule has 0 aliphatic heterocycles. The van der Waals surface area contributed by atoms with E-state index in [9.17, 15) is 8.42 Å². The van der Waals surface area contributed by atoms with Gasteiger partial charge >= 0.3 is 0 Å². The molecule has 0 saturated heterocycles. The lowest BCUT2D eigenvalue weighted by Crippen LogP contribution is -2.33. The summed E-state index contributed by atoms with van der Waals surface area (Å²) in [6, 6.07) is 17.0. The predicted octanol–water partition coefficient (Wildman–Crippen LogP) is 3.43. The molecule has 1 saturated carbocycles. The molecular weight excluding hydrogens is 282 g/mol. The highest BCUT2D eigenvalue weighted by Crippen LogP contribution is 2.33. The van der Waals surface area contributed by atoms with Gasteiger partial charge in [-0.05, 0) is 48.9 Å². The highest BCUT2D eigenvalue weighted by Gasteiger charge is 2.31. The molecule has 1 aliphatic rings. The summed E-state index contributed by atoms with van der Waals surface area (Å²) in [5, 5.41) is 0. The average molecular weight is 301 g/mol. The van der Waals surface area contributed by atoms with E-state index in [2.05, 4.69) is 4.72 Å². The van der Waals surface area contributed by atoms with E-state index in [1.165, 1.54) is 0 Å². The third kappa shape index (κ3) is 3.34. The van der Waals surface area contributed by atoms with E-state index in [4.69, 9.17) is 0 Å². The fourth-order valence-electron chi connectivity index (χ4n) is 2.46. The number of hydrogen-bond acceptors (Lipinski definition) is 2. The molecule has 0 radical (unpaired) electrons. The Morgan fingerprint density at radius 1 is 0.952 bits per heavy atom. The van der Waals surface area contributed by atoms with Crippen LogP contribution in [0.2, 0.25) is 0 Å². The zero-order valence-corrected chi connectivity index (χ0v) is 12.8. The molecule has 21 heavy (non-hydrogen) atoms. The zero-order valence-electron chi connectivity index (χ0n) is 12.0. The molecule has 1 atom stereocenters. The first kappa shape index (κ1) is 14.3. The second-order valence-corrected chi connectivity index (χ2v) is 7.35. The van der Waals surface area contributed by atoms with Gasteiger partial charge in [0.2, 0.25) is 10.0 Å². The second-order valence-electron chi connectivity index (χ2n) is 5.64. The van der Waals surface area contributed by atoms with Crippen LogP contribution in [0.1, 0.15) is 19.8 Å². The molecule has 0 amide bonds. The Hall–Kier alpha value is -1.65. The van der Waals surface area contributed by atoms with E-state index >= 15 is 0 Å². The summed E-state index contributed by atoms with van der Waals surface area (Å²) in [7, 11) is -3.41. The van der Waals surface area contributed by atoms with Crippen LogP contribution in [0.15, 0.2) is 59.5 Å². The van der Waals surface area contributed by atoms with Crippen molar-refractivity contribution in [3.63, 3.8) is 0 Å². The van der Waals surface area contributed by atoms with Gasteiger partial charge in [0.1, 0.15) is 0 Å². The minimum atomic E-state index is -3.41. The number of rotatable bonds is 5. The van der Waals surface area contributed by atoms with Crippen molar-refractivity contribution >= 4 is 10.0 Å². The van der Waals surface area contributed by atoms with Crippen molar-refractivity contribution < 1.29 is 8.42 Å². The van der Waals surface area contributed by atoms with E-state index in [1.807, 2.05) is 49.4 Å². The van der Waals surface area contributed by atoms with Gasteiger partial charge < -0.3 is 0 Å². The smallest absolute Gasteiger partial charge is 0.208 e. The third-order valence-electron chi connectivity index (χ3n) is 3.94. The van der Waals surface area contributed by atoms with Gasteiger partial charge in [0.05, 0.1) is 4.90 Å². The average Bonchev–Trinajstić information content (AvgIpc) is 3.33. The third-order valence-corrected chi connectivity index (χ3v) is 5.52. The van der Waals surface area contributed by atoms with Gasteiger partial charge in [-0.3, -0.25) is 0 Å². The van der Waals surface area contributed by atoms with Crippen LogP contribution < -0.4 is 4.72 Å². The van der Waals surface area contributed by atoms with E-state index in [0.717, 1.165) is 24.0 Å². The minimum Gasteiger partial charge on any atom is -0.208 e. The summed E-state index contributed by atoms with van der Waals surface area (Å²) >= 11 is 0. The Labute approximate surface area is 126 Å². The van der Waals surface area contributed by atoms with E-state index in [-0.39, 0.29) is 6.04 Å². The lowest BCUT2D eigenvalue weighted by atomic mass is 10.1. The maximum Gasteiger partial charge on any atom is 0.240 e. The van der Waals surface area contributed by atoms with Crippen molar-refractivity contribution in [2.24, 2.45) is 5.92 Å². The number of nitrogens with one attached hydrogen (secondary N) is 1. The molecule has 0 unspecified atom stereocenters. The van der Waals surface area contributed by atoms with Crippen molar-refractivity contribution in [2.75, 3.05) is 0 Å². The highest BCUT2D eigenvalue weighted by atomic mass is 32.2. The summed E-state index contributed by atoms with van der Waals surface area (Å²) in [4.78, 5) is 0.328. The zero-order chi connectivity index (χ0) is 14.9. The monoisotopic (exact) mass is 301 g/mol. The quantitative estimate of drug-likeness (QED) is 0.919. The molecule has 110 valence electrons. The predicted molar refractivity (Wildman–Crippen MR) is 84.4 cm³/mol. The fourth-order valence-corrected chi connectivity index (χ4v) is 3.77. The lowest BCUT2D eigenvalue weighted by molar-refractivity contribution is 0.538. The van der Waals surface area contributed by atoms with Gasteiger partial charge in [-0.1, -0.05) is 42.5 Å². The van der Waals surface area contributed by atoms with E-state index in [1.54, 1.807) is 12.1 Å². The van der Waals surface area contributed by atoms with Crippen LogP contribution in [0.5, 0.6) is 0 Å². The molecule has 3 nitrogen and oxygen atoms in total. The first-order valence-electron chi connectivity index (χ1n) is 7.24. The Morgan fingerprint density at radius 2 is 1.52 bits per heavy atom. The van der Waals surface area contributed by atoms with Crippen LogP contribution in [-0.2, 0) is 10.0 Å². The number of benzene rings is 2. The molecule has 1 fully saturated rings. The van der Waals surface area contributed by atoms with Crippen LogP contribution in [0, 0.1) is 5.92 Å². The van der Waals surface area contributed by atoms with Crippen LogP contribution in [0.25, 0.3) is 11.1 Å². The largest absolute Gasteiger partial charge is 0.240 e. The maximum absolute atomic E-state index is 12.3. The van der Waals surface area contributed by atoms with Gasteiger partial charge in [0.25, 0.3) is 0 Å². The van der Waals surface area contributed by atoms with Gasteiger partial charge in [-0.15, -0.1) is 0 Å². The Kier molecular flexibility index (Phi) is 3.83. The normalized spacial score (nSPS) is 16.6. The van der Waals surface area contributed by atoms with Crippen molar-refractivity contribution in [1.29, 1.82) is 0 Å². The van der Waals surface area contributed by atoms with Crippen LogP contribution in [0.3, 0.4) is 0 Å². The van der Waals surface area contributed by atoms with Crippen molar-refractivity contribution in [1.82, 2.24) is 4.72 Å². The highest BCUT2D eigenvalue weighted by molar-refractivity contribution is 7.89. The standard InChI is InChI=1S/C17H19NO2S/c1-13(14-7-8-14)18-21(19,20)17-11-9-16(10-12-17)15-5-3-2-4-6-15/h2-6,9-14,18H,7-8H2,1H3/t13-/m0/s1. The molecule has 1 aliphatic carbocycles. The van der Waals surface area contributed by atoms with Gasteiger partial charge in [0.15, 0.2) is 0 Å². The first-order valence-corrected chi connectivity index (χ1v) is 8.72. The summed E-state index contributed by atoms with van der Waals surface area (Å²) < 4.78 is 27.4. The van der Waals surface area contributed by atoms with Crippen molar-refractivity contribution in [3.05, 3.63) is 54.6 Å². The summed E-state index contributed by atoms with van der Waals surface area (Å²) in [5.74, 6) is 0.503. The maximum atomic E-state index is 12.3. The number of hydrogen-bond donors (Lipinski definition) is 1. The van der Waals surface area contributed by atoms with Crippen molar-refractivity contribution in [2.45, 2.75) is 30.7 Å². The van der Waals surface area contributed by atoms with Crippen LogP contribution >= 0.6 is 0 Å². The first-order chi connectivity index (χ1) is 10.1. The molecular formula is C17H19NO2S. The van der Waals surface area contributed by atoms with Crippen molar-refractivity contribution in [3.8, 4) is 11.1 Å². The van der Waals surface area contributed by atoms with Crippen LogP contribution in [0.4, 0.5) is 0 Å². The Bertz CT molecular complexity index is 704. The minimum absolute atomic E-state index is 0.0174. The molecule has 2 aromatic rings. The second kappa shape index (κ2) is 5.62. The van der Waals surface area contributed by atoms with Crippen LogP contribution in [-0.4, -0.2) is 14.5 Å². The molecule has 1 N–H and O–H groups in total. The summed E-state index contributed by atoms with van der Waals surface area (Å²) in [5.41, 5.74) is 2.10. The summed E-state index contributed by atoms with van der Waals surface area (Å²) in [6.07, 6.45) is 2.24. The molecule has 0 heterocycles. The molecule has 3 rings (SSSR count). The van der Waals surface area contributed by atoms with E-state index in [0.29, 0.717) is 10.8 Å². The SMILES string of the molecule is C[C@H](NS(=O)(=O)c1ccc(-c2ccccc2)cc1)C1CC1. The molecule has 0 spiro atoms. The summed E-state index contributed by atoms with van der Waals surface area (Å²) in [6.45, 7) is 1.94. The Morgan fingerprint density at radius 3 is 2.10 bits per heavy atom. The molecule has 4 heteroatoms. The molecule has 2 aromatic carbocycles. The topological polar surface area (TPSA) is 46.2 Å². The molecule has 0 aromatic heterocycles. The fraction of sp³-hybridized carbons (Fsp3) is 0.294. The van der Waals surface area contributed by atoms with Gasteiger partial charge in [0, 0.05) is 6.04 Å². The number of sulfonamides is 1.